The molecule has 0 bridgehead atoms. The number of para-hydroxylation sites is 2. The van der Waals surface area contributed by atoms with Gasteiger partial charge < -0.3 is 10.2 Å². The van der Waals surface area contributed by atoms with Crippen LogP contribution in [0.3, 0.4) is 0 Å². The van der Waals surface area contributed by atoms with Crippen LogP contribution in [-0.2, 0) is 4.79 Å². The molecule has 1 amide bonds. The molecule has 5 heteroatoms. The maximum absolute atomic E-state index is 12.0. The monoisotopic (exact) mass is 214 g/mol. The van der Waals surface area contributed by atoms with Gasteiger partial charge in [0.2, 0.25) is 0 Å². The zero-order valence-electron chi connectivity index (χ0n) is 8.50. The molecule has 0 spiro atoms. The number of halogens is 2. The fraction of sp³-hybridized carbons (Fsp3) is 0.300. The number of hydrogen-bond donors (Lipinski definition) is 1. The zero-order chi connectivity index (χ0) is 11.4. The standard InChI is InChI=1S/C10H12F2N2O/c1-14(2)8-6-4-3-5-7(8)13-10(15)9(11)12/h3-6,9H,1-2H3,(H,13,15). The van der Waals surface area contributed by atoms with E-state index in [1.807, 2.05) is 0 Å². The first-order valence-electron chi connectivity index (χ1n) is 4.37. The van der Waals surface area contributed by atoms with Crippen LogP contribution in [0.15, 0.2) is 24.3 Å². The molecule has 3 nitrogen and oxygen atoms in total. The summed E-state index contributed by atoms with van der Waals surface area (Å²) in [5.74, 6) is -1.29. The smallest absolute Gasteiger partial charge is 0.315 e. The lowest BCUT2D eigenvalue weighted by atomic mass is 10.2. The van der Waals surface area contributed by atoms with Crippen LogP contribution in [0.2, 0.25) is 0 Å². The van der Waals surface area contributed by atoms with Gasteiger partial charge in [-0.25, -0.2) is 0 Å². The van der Waals surface area contributed by atoms with Crippen LogP contribution in [0.25, 0.3) is 0 Å². The average molecular weight is 214 g/mol. The van der Waals surface area contributed by atoms with E-state index in [0.717, 1.165) is 0 Å². The van der Waals surface area contributed by atoms with E-state index in [1.165, 1.54) is 0 Å². The molecule has 0 aliphatic heterocycles. The molecule has 1 rings (SSSR count). The summed E-state index contributed by atoms with van der Waals surface area (Å²) in [5.41, 5.74) is 1.07. The summed E-state index contributed by atoms with van der Waals surface area (Å²) in [7, 11) is 3.54. The van der Waals surface area contributed by atoms with Crippen molar-refractivity contribution in [1.82, 2.24) is 0 Å². The molecule has 1 N–H and O–H groups in total. The third kappa shape index (κ3) is 2.90. The minimum Gasteiger partial charge on any atom is -0.376 e. The second kappa shape index (κ2) is 4.72. The minimum absolute atomic E-state index is 0.382. The van der Waals surface area contributed by atoms with Crippen LogP contribution in [0.4, 0.5) is 20.2 Å². The molecule has 1 aromatic rings. The minimum atomic E-state index is -3.00. The van der Waals surface area contributed by atoms with Gasteiger partial charge in [-0.3, -0.25) is 4.79 Å². The second-order valence-electron chi connectivity index (χ2n) is 3.20. The van der Waals surface area contributed by atoms with E-state index in [9.17, 15) is 13.6 Å². The molecule has 15 heavy (non-hydrogen) atoms. The van der Waals surface area contributed by atoms with Crippen molar-refractivity contribution in [2.24, 2.45) is 0 Å². The Morgan fingerprint density at radius 1 is 1.33 bits per heavy atom. The van der Waals surface area contributed by atoms with E-state index in [0.29, 0.717) is 11.4 Å². The Bertz CT molecular complexity index is 353. The van der Waals surface area contributed by atoms with E-state index in [-0.39, 0.29) is 0 Å². The van der Waals surface area contributed by atoms with E-state index >= 15 is 0 Å². The lowest BCUT2D eigenvalue weighted by molar-refractivity contribution is -0.126. The first-order chi connectivity index (χ1) is 7.02. The second-order valence-corrected chi connectivity index (χ2v) is 3.20. The third-order valence-electron chi connectivity index (χ3n) is 1.84. The van der Waals surface area contributed by atoms with E-state index in [4.69, 9.17) is 0 Å². The van der Waals surface area contributed by atoms with Crippen LogP contribution in [0.1, 0.15) is 0 Å². The highest BCUT2D eigenvalue weighted by atomic mass is 19.3. The lowest BCUT2D eigenvalue weighted by Gasteiger charge is -2.17. The number of alkyl halides is 2. The summed E-state index contributed by atoms with van der Waals surface area (Å²) in [4.78, 5) is 12.5. The number of nitrogens with zero attached hydrogens (tertiary/aromatic N) is 1. The van der Waals surface area contributed by atoms with Crippen molar-refractivity contribution in [1.29, 1.82) is 0 Å². The Morgan fingerprint density at radius 2 is 1.93 bits per heavy atom. The van der Waals surface area contributed by atoms with E-state index in [2.05, 4.69) is 5.32 Å². The quantitative estimate of drug-likeness (QED) is 0.834. The summed E-state index contributed by atoms with van der Waals surface area (Å²) in [6, 6.07) is 6.76. The predicted molar refractivity (Wildman–Crippen MR) is 55.4 cm³/mol. The van der Waals surface area contributed by atoms with Crippen molar-refractivity contribution in [3.05, 3.63) is 24.3 Å². The molecule has 0 unspecified atom stereocenters. The summed E-state index contributed by atoms with van der Waals surface area (Å²) in [5, 5.41) is 2.16. The van der Waals surface area contributed by atoms with Gasteiger partial charge in [-0.2, -0.15) is 8.78 Å². The van der Waals surface area contributed by atoms with Crippen LogP contribution in [-0.4, -0.2) is 26.4 Å². The van der Waals surface area contributed by atoms with Gasteiger partial charge in [-0.15, -0.1) is 0 Å². The molecule has 0 radical (unpaired) electrons. The van der Waals surface area contributed by atoms with Gasteiger partial charge in [0.25, 0.3) is 5.91 Å². The molecular formula is C10H12F2N2O. The van der Waals surface area contributed by atoms with Crippen molar-refractivity contribution < 1.29 is 13.6 Å². The maximum Gasteiger partial charge on any atom is 0.315 e. The molecule has 0 fully saturated rings. The largest absolute Gasteiger partial charge is 0.376 e. The summed E-state index contributed by atoms with van der Waals surface area (Å²) in [6.07, 6.45) is -3.00. The van der Waals surface area contributed by atoms with Crippen molar-refractivity contribution in [3.63, 3.8) is 0 Å². The Labute approximate surface area is 86.7 Å². The Kier molecular flexibility index (Phi) is 3.60. The van der Waals surface area contributed by atoms with Gasteiger partial charge in [-0.1, -0.05) is 12.1 Å². The molecule has 0 aliphatic rings. The molecule has 0 heterocycles. The number of amides is 1. The summed E-state index contributed by atoms with van der Waals surface area (Å²) < 4.78 is 24.0. The van der Waals surface area contributed by atoms with Gasteiger partial charge in [0.1, 0.15) is 0 Å². The van der Waals surface area contributed by atoms with Crippen molar-refractivity contribution in [3.8, 4) is 0 Å². The van der Waals surface area contributed by atoms with E-state index < -0.39 is 12.3 Å². The number of nitrogens with one attached hydrogen (secondary N) is 1. The number of benzene rings is 1. The summed E-state index contributed by atoms with van der Waals surface area (Å²) in [6.45, 7) is 0. The SMILES string of the molecule is CN(C)c1ccccc1NC(=O)C(F)F. The van der Waals surface area contributed by atoms with Crippen LogP contribution in [0.5, 0.6) is 0 Å². The highest BCUT2D eigenvalue weighted by Gasteiger charge is 2.16. The number of hydrogen-bond acceptors (Lipinski definition) is 2. The highest BCUT2D eigenvalue weighted by Crippen LogP contribution is 2.23. The molecule has 82 valence electrons. The highest BCUT2D eigenvalue weighted by molar-refractivity contribution is 5.96. The van der Waals surface area contributed by atoms with Crippen molar-refractivity contribution >= 4 is 17.3 Å². The molecule has 0 atom stereocenters. The molecule has 0 saturated carbocycles. The number of carbonyl (C=O) groups excluding carboxylic acids is 1. The number of anilines is 2. The van der Waals surface area contributed by atoms with Gasteiger partial charge in [-0.05, 0) is 12.1 Å². The third-order valence-corrected chi connectivity index (χ3v) is 1.84. The predicted octanol–water partition coefficient (Wildman–Crippen LogP) is 1.96. The fourth-order valence-corrected chi connectivity index (χ4v) is 1.16. The van der Waals surface area contributed by atoms with Gasteiger partial charge >= 0.3 is 6.43 Å². The number of carbonyl (C=O) groups is 1. The lowest BCUT2D eigenvalue weighted by Crippen LogP contribution is -2.22. The van der Waals surface area contributed by atoms with Crippen LogP contribution in [0, 0.1) is 0 Å². The normalized spacial score (nSPS) is 10.2. The van der Waals surface area contributed by atoms with Gasteiger partial charge in [0.15, 0.2) is 0 Å². The summed E-state index contributed by atoms with van der Waals surface area (Å²) >= 11 is 0. The fourth-order valence-electron chi connectivity index (χ4n) is 1.16. The van der Waals surface area contributed by atoms with Gasteiger partial charge in [0, 0.05) is 14.1 Å². The maximum atomic E-state index is 12.0. The molecule has 1 aromatic carbocycles. The molecule has 0 aromatic heterocycles. The van der Waals surface area contributed by atoms with Crippen molar-refractivity contribution in [2.75, 3.05) is 24.3 Å². The Balaban J connectivity index is 2.89. The topological polar surface area (TPSA) is 32.3 Å². The van der Waals surface area contributed by atoms with Crippen LogP contribution >= 0.6 is 0 Å². The average Bonchev–Trinajstić information content (AvgIpc) is 2.18. The van der Waals surface area contributed by atoms with Crippen molar-refractivity contribution in [2.45, 2.75) is 6.43 Å². The number of rotatable bonds is 3. The first-order valence-corrected chi connectivity index (χ1v) is 4.37. The Hall–Kier alpha value is -1.65. The zero-order valence-corrected chi connectivity index (χ0v) is 8.50. The van der Waals surface area contributed by atoms with Crippen LogP contribution < -0.4 is 10.2 Å². The molecule has 0 saturated heterocycles. The molecule has 0 aliphatic carbocycles. The molecular weight excluding hydrogens is 202 g/mol. The first kappa shape index (κ1) is 11.4. The van der Waals surface area contributed by atoms with Gasteiger partial charge in [0.05, 0.1) is 11.4 Å². The van der Waals surface area contributed by atoms with E-state index in [1.54, 1.807) is 43.3 Å². The Morgan fingerprint density at radius 3 is 2.47 bits per heavy atom.